The van der Waals surface area contributed by atoms with Crippen LogP contribution in [0.25, 0.3) is 11.0 Å². The molecular weight excluding hydrogens is 294 g/mol. The van der Waals surface area contributed by atoms with E-state index in [4.69, 9.17) is 10.7 Å². The number of hydrogen-bond acceptors (Lipinski definition) is 4. The van der Waals surface area contributed by atoms with E-state index < -0.39 is 11.9 Å². The van der Waals surface area contributed by atoms with E-state index in [1.807, 2.05) is 24.6 Å². The Hall–Kier alpha value is -2.44. The number of nitrogens with zero attached hydrogens (tertiary/aromatic N) is 3. The van der Waals surface area contributed by atoms with Gasteiger partial charge in [0.2, 0.25) is 5.91 Å². The van der Waals surface area contributed by atoms with Gasteiger partial charge in [-0.15, -0.1) is 0 Å². The maximum atomic E-state index is 12.6. The molecule has 0 bridgehead atoms. The van der Waals surface area contributed by atoms with E-state index in [1.165, 1.54) is 0 Å². The summed E-state index contributed by atoms with van der Waals surface area (Å²) in [6.07, 6.45) is 3.84. The first kappa shape index (κ1) is 15.5. The summed E-state index contributed by atoms with van der Waals surface area (Å²) in [5.74, 6) is -0.479. The molecule has 0 radical (unpaired) electrons. The minimum absolute atomic E-state index is 0.148. The summed E-state index contributed by atoms with van der Waals surface area (Å²) in [5.41, 5.74) is 7.34. The average molecular weight is 315 g/mol. The number of carbonyl (C=O) groups excluding carboxylic acids is 2. The summed E-state index contributed by atoms with van der Waals surface area (Å²) >= 11 is 0. The molecule has 3 rings (SSSR count). The van der Waals surface area contributed by atoms with Gasteiger partial charge in [-0.25, -0.2) is 9.67 Å². The Balaban J connectivity index is 2.07. The SMILES string of the molecule is CC(NC(=O)c1cc(C2CC2)nc2c1cnn2C(C)C)C(N)=O. The van der Waals surface area contributed by atoms with Gasteiger partial charge in [0, 0.05) is 17.7 Å². The number of rotatable bonds is 5. The van der Waals surface area contributed by atoms with Gasteiger partial charge in [0.25, 0.3) is 5.91 Å². The van der Waals surface area contributed by atoms with Crippen LogP contribution >= 0.6 is 0 Å². The lowest BCUT2D eigenvalue weighted by Gasteiger charge is -2.12. The number of primary amides is 1. The Kier molecular flexibility index (Phi) is 3.79. The lowest BCUT2D eigenvalue weighted by molar-refractivity contribution is -0.119. The number of amides is 2. The van der Waals surface area contributed by atoms with E-state index in [-0.39, 0.29) is 11.9 Å². The van der Waals surface area contributed by atoms with Gasteiger partial charge in [-0.2, -0.15) is 5.10 Å². The highest BCUT2D eigenvalue weighted by Crippen LogP contribution is 2.40. The zero-order valence-corrected chi connectivity index (χ0v) is 13.5. The van der Waals surface area contributed by atoms with Gasteiger partial charge in [0.1, 0.15) is 6.04 Å². The predicted molar refractivity (Wildman–Crippen MR) is 86.0 cm³/mol. The lowest BCUT2D eigenvalue weighted by Crippen LogP contribution is -2.42. The standard InChI is InChI=1S/C16H21N5O2/c1-8(2)21-15-12(7-18-21)11(6-13(20-15)10-4-5-10)16(23)19-9(3)14(17)22/h6-10H,4-5H2,1-3H3,(H2,17,22)(H,19,23). The molecule has 0 aliphatic heterocycles. The fourth-order valence-electron chi connectivity index (χ4n) is 2.54. The number of hydrogen-bond donors (Lipinski definition) is 2. The van der Waals surface area contributed by atoms with Crippen molar-refractivity contribution in [2.75, 3.05) is 0 Å². The molecule has 1 aliphatic rings. The fraction of sp³-hybridized carbons (Fsp3) is 0.500. The molecule has 7 heteroatoms. The largest absolute Gasteiger partial charge is 0.368 e. The number of carbonyl (C=O) groups is 2. The second-order valence-corrected chi connectivity index (χ2v) is 6.39. The number of fused-ring (bicyclic) bond motifs is 1. The van der Waals surface area contributed by atoms with Gasteiger partial charge in [-0.3, -0.25) is 9.59 Å². The van der Waals surface area contributed by atoms with E-state index in [9.17, 15) is 9.59 Å². The zero-order chi connectivity index (χ0) is 16.7. The molecule has 1 aliphatic carbocycles. The quantitative estimate of drug-likeness (QED) is 0.872. The van der Waals surface area contributed by atoms with Crippen molar-refractivity contribution in [2.45, 2.75) is 51.6 Å². The van der Waals surface area contributed by atoms with Crippen LogP contribution in [0.3, 0.4) is 0 Å². The van der Waals surface area contributed by atoms with Gasteiger partial charge >= 0.3 is 0 Å². The van der Waals surface area contributed by atoms with E-state index in [0.717, 1.165) is 18.5 Å². The van der Waals surface area contributed by atoms with Crippen LogP contribution in [0.2, 0.25) is 0 Å². The molecule has 0 aromatic carbocycles. The highest BCUT2D eigenvalue weighted by Gasteiger charge is 2.28. The zero-order valence-electron chi connectivity index (χ0n) is 13.5. The third-order valence-electron chi connectivity index (χ3n) is 4.09. The maximum Gasteiger partial charge on any atom is 0.252 e. The Labute approximate surface area is 134 Å². The van der Waals surface area contributed by atoms with Crippen molar-refractivity contribution in [3.05, 3.63) is 23.5 Å². The average Bonchev–Trinajstić information content (AvgIpc) is 3.24. The molecule has 0 spiro atoms. The van der Waals surface area contributed by atoms with Crippen LogP contribution in [0.15, 0.2) is 12.3 Å². The summed E-state index contributed by atoms with van der Waals surface area (Å²) < 4.78 is 1.81. The molecule has 1 fully saturated rings. The second-order valence-electron chi connectivity index (χ2n) is 6.39. The van der Waals surface area contributed by atoms with Crippen molar-refractivity contribution in [3.63, 3.8) is 0 Å². The highest BCUT2D eigenvalue weighted by atomic mass is 16.2. The van der Waals surface area contributed by atoms with Crippen LogP contribution in [0, 0.1) is 0 Å². The summed E-state index contributed by atoms with van der Waals surface area (Å²) in [7, 11) is 0. The van der Waals surface area contributed by atoms with E-state index in [1.54, 1.807) is 13.1 Å². The van der Waals surface area contributed by atoms with E-state index >= 15 is 0 Å². The summed E-state index contributed by atoms with van der Waals surface area (Å²) in [4.78, 5) is 28.5. The van der Waals surface area contributed by atoms with E-state index in [2.05, 4.69) is 10.4 Å². The Morgan fingerprint density at radius 2 is 2.04 bits per heavy atom. The van der Waals surface area contributed by atoms with Crippen LogP contribution < -0.4 is 11.1 Å². The molecule has 3 N–H and O–H groups in total. The number of pyridine rings is 1. The Morgan fingerprint density at radius 3 is 2.61 bits per heavy atom. The smallest absolute Gasteiger partial charge is 0.252 e. The van der Waals surface area contributed by atoms with E-state index in [0.29, 0.717) is 22.5 Å². The summed E-state index contributed by atoms with van der Waals surface area (Å²) in [6.45, 7) is 5.61. The van der Waals surface area contributed by atoms with Gasteiger partial charge in [-0.05, 0) is 39.7 Å². The van der Waals surface area contributed by atoms with Gasteiger partial charge in [-0.1, -0.05) is 0 Å². The van der Waals surface area contributed by atoms with Gasteiger partial charge < -0.3 is 11.1 Å². The van der Waals surface area contributed by atoms with Crippen LogP contribution in [-0.2, 0) is 4.79 Å². The minimum Gasteiger partial charge on any atom is -0.368 e. The normalized spacial score (nSPS) is 15.8. The first-order valence-electron chi connectivity index (χ1n) is 7.86. The molecule has 2 aromatic rings. The van der Waals surface area contributed by atoms with Crippen molar-refractivity contribution in [3.8, 4) is 0 Å². The molecule has 2 aromatic heterocycles. The Morgan fingerprint density at radius 1 is 1.35 bits per heavy atom. The number of nitrogens with one attached hydrogen (secondary N) is 1. The Bertz CT molecular complexity index is 776. The second kappa shape index (κ2) is 5.64. The van der Waals surface area contributed by atoms with Crippen LogP contribution in [0.4, 0.5) is 0 Å². The molecular formula is C16H21N5O2. The van der Waals surface area contributed by atoms with Crippen LogP contribution in [0.1, 0.15) is 61.6 Å². The number of aromatic nitrogens is 3. The first-order chi connectivity index (χ1) is 10.9. The van der Waals surface area contributed by atoms with Crippen molar-refractivity contribution in [2.24, 2.45) is 5.73 Å². The van der Waals surface area contributed by atoms with Gasteiger partial charge in [0.05, 0.1) is 17.1 Å². The van der Waals surface area contributed by atoms with Crippen LogP contribution in [-0.4, -0.2) is 32.6 Å². The first-order valence-corrected chi connectivity index (χ1v) is 7.86. The van der Waals surface area contributed by atoms with Crippen LogP contribution in [0.5, 0.6) is 0 Å². The molecule has 1 unspecified atom stereocenters. The highest BCUT2D eigenvalue weighted by molar-refractivity contribution is 6.06. The predicted octanol–water partition coefficient (Wildman–Crippen LogP) is 1.49. The monoisotopic (exact) mass is 315 g/mol. The molecule has 7 nitrogen and oxygen atoms in total. The minimum atomic E-state index is -0.727. The molecule has 1 saturated carbocycles. The molecule has 1 atom stereocenters. The van der Waals surface area contributed by atoms with Crippen molar-refractivity contribution >= 4 is 22.8 Å². The van der Waals surface area contributed by atoms with Crippen molar-refractivity contribution < 1.29 is 9.59 Å². The maximum absolute atomic E-state index is 12.6. The lowest BCUT2D eigenvalue weighted by atomic mass is 10.1. The third-order valence-corrected chi connectivity index (χ3v) is 4.09. The molecule has 2 amide bonds. The molecule has 23 heavy (non-hydrogen) atoms. The summed E-state index contributed by atoms with van der Waals surface area (Å²) in [6, 6.07) is 1.24. The third kappa shape index (κ3) is 2.91. The summed E-state index contributed by atoms with van der Waals surface area (Å²) in [5, 5.41) is 7.68. The molecule has 2 heterocycles. The molecule has 0 saturated heterocycles. The number of nitrogens with two attached hydrogens (primary N) is 1. The molecule has 122 valence electrons. The fourth-order valence-corrected chi connectivity index (χ4v) is 2.54. The van der Waals surface area contributed by atoms with Crippen molar-refractivity contribution in [1.29, 1.82) is 0 Å². The van der Waals surface area contributed by atoms with Gasteiger partial charge in [0.15, 0.2) is 5.65 Å². The van der Waals surface area contributed by atoms with Crippen molar-refractivity contribution in [1.82, 2.24) is 20.1 Å². The topological polar surface area (TPSA) is 103 Å².